The van der Waals surface area contributed by atoms with Gasteiger partial charge in [0.25, 0.3) is 10.1 Å². The highest BCUT2D eigenvalue weighted by Gasteiger charge is 2.36. The normalized spacial score (nSPS) is 17.8. The standard InChI is InChI=1S/C6H14O4S/c1-4-5-6(2,10-3)11(7,8)9/h4-5H2,1-3H3,(H,7,8,9). The van der Waals surface area contributed by atoms with Gasteiger partial charge in [0.15, 0.2) is 4.93 Å². The maximum absolute atomic E-state index is 10.7. The van der Waals surface area contributed by atoms with Crippen LogP contribution in [0.4, 0.5) is 0 Å². The maximum Gasteiger partial charge on any atom is 0.294 e. The van der Waals surface area contributed by atoms with Gasteiger partial charge in [-0.05, 0) is 13.3 Å². The van der Waals surface area contributed by atoms with Gasteiger partial charge in [0.05, 0.1) is 0 Å². The van der Waals surface area contributed by atoms with Crippen molar-refractivity contribution in [3.8, 4) is 0 Å². The van der Waals surface area contributed by atoms with Gasteiger partial charge >= 0.3 is 0 Å². The predicted octanol–water partition coefficient (Wildman–Crippen LogP) is 1.04. The summed E-state index contributed by atoms with van der Waals surface area (Å²) in [6.07, 6.45) is 0.937. The Balaban J connectivity index is 4.61. The average Bonchev–Trinajstić information content (AvgIpc) is 1.86. The Hall–Kier alpha value is -0.130. The van der Waals surface area contributed by atoms with Crippen molar-refractivity contribution >= 4 is 10.1 Å². The van der Waals surface area contributed by atoms with E-state index in [4.69, 9.17) is 9.29 Å². The Labute approximate surface area is 67.3 Å². The van der Waals surface area contributed by atoms with Crippen molar-refractivity contribution in [2.24, 2.45) is 0 Å². The van der Waals surface area contributed by atoms with E-state index >= 15 is 0 Å². The van der Waals surface area contributed by atoms with Gasteiger partial charge in [0.1, 0.15) is 0 Å². The van der Waals surface area contributed by atoms with Crippen LogP contribution in [0.15, 0.2) is 0 Å². The van der Waals surface area contributed by atoms with E-state index in [2.05, 4.69) is 0 Å². The molecule has 0 saturated heterocycles. The molecule has 0 spiro atoms. The molecule has 0 aliphatic rings. The topological polar surface area (TPSA) is 63.6 Å². The summed E-state index contributed by atoms with van der Waals surface area (Å²) in [6, 6.07) is 0. The summed E-state index contributed by atoms with van der Waals surface area (Å²) in [5.74, 6) is 0. The zero-order valence-electron chi connectivity index (χ0n) is 6.99. The highest BCUT2D eigenvalue weighted by atomic mass is 32.2. The number of hydrogen-bond donors (Lipinski definition) is 1. The lowest BCUT2D eigenvalue weighted by Crippen LogP contribution is -2.36. The molecular weight excluding hydrogens is 168 g/mol. The zero-order chi connectivity index (χ0) is 9.12. The van der Waals surface area contributed by atoms with Crippen LogP contribution < -0.4 is 0 Å². The SMILES string of the molecule is CCCC(C)(OC)S(=O)(=O)O. The van der Waals surface area contributed by atoms with Crippen LogP contribution in [-0.2, 0) is 14.9 Å². The van der Waals surface area contributed by atoms with Crippen molar-refractivity contribution in [2.75, 3.05) is 7.11 Å². The second kappa shape index (κ2) is 3.51. The maximum atomic E-state index is 10.7. The first-order valence-corrected chi connectivity index (χ1v) is 4.83. The molecule has 4 nitrogen and oxygen atoms in total. The number of rotatable bonds is 4. The van der Waals surface area contributed by atoms with Crippen LogP contribution in [0.1, 0.15) is 26.7 Å². The summed E-state index contributed by atoms with van der Waals surface area (Å²) >= 11 is 0. The molecule has 0 rings (SSSR count). The molecule has 0 bridgehead atoms. The predicted molar refractivity (Wildman–Crippen MR) is 41.9 cm³/mol. The Bertz CT molecular complexity index is 209. The molecule has 68 valence electrons. The third kappa shape index (κ3) is 2.43. The molecule has 0 radical (unpaired) electrons. The van der Waals surface area contributed by atoms with Crippen LogP contribution >= 0.6 is 0 Å². The molecule has 0 aliphatic heterocycles. The fourth-order valence-electron chi connectivity index (χ4n) is 0.790. The van der Waals surface area contributed by atoms with E-state index in [9.17, 15) is 8.42 Å². The van der Waals surface area contributed by atoms with Gasteiger partial charge < -0.3 is 4.74 Å². The smallest absolute Gasteiger partial charge is 0.294 e. The van der Waals surface area contributed by atoms with Crippen LogP contribution in [0.2, 0.25) is 0 Å². The number of hydrogen-bond acceptors (Lipinski definition) is 3. The van der Waals surface area contributed by atoms with E-state index in [1.807, 2.05) is 6.92 Å². The quantitative estimate of drug-likeness (QED) is 0.660. The summed E-state index contributed by atoms with van der Waals surface area (Å²) in [7, 11) is -2.83. The van der Waals surface area contributed by atoms with Crippen LogP contribution in [0, 0.1) is 0 Å². The summed E-state index contributed by atoms with van der Waals surface area (Å²) in [5, 5.41) is 0. The zero-order valence-corrected chi connectivity index (χ0v) is 7.81. The fraction of sp³-hybridized carbons (Fsp3) is 1.00. The highest BCUT2D eigenvalue weighted by Crippen LogP contribution is 2.22. The van der Waals surface area contributed by atoms with Crippen molar-refractivity contribution in [1.82, 2.24) is 0 Å². The summed E-state index contributed by atoms with van der Waals surface area (Å²) in [4.78, 5) is -1.44. The summed E-state index contributed by atoms with van der Waals surface area (Å²) < 4.78 is 34.8. The van der Waals surface area contributed by atoms with Gasteiger partial charge in [0.2, 0.25) is 0 Å². The van der Waals surface area contributed by atoms with Crippen molar-refractivity contribution in [3.05, 3.63) is 0 Å². The van der Waals surface area contributed by atoms with Gasteiger partial charge in [-0.2, -0.15) is 8.42 Å². The van der Waals surface area contributed by atoms with Crippen molar-refractivity contribution < 1.29 is 17.7 Å². The molecule has 1 atom stereocenters. The molecule has 0 fully saturated rings. The molecule has 0 aromatic heterocycles. The first-order chi connectivity index (χ1) is 4.87. The van der Waals surface area contributed by atoms with Crippen LogP contribution in [0.5, 0.6) is 0 Å². The Morgan fingerprint density at radius 2 is 2.00 bits per heavy atom. The lowest BCUT2D eigenvalue weighted by Gasteiger charge is -2.23. The molecule has 0 aromatic carbocycles. The monoisotopic (exact) mass is 182 g/mol. The van der Waals surface area contributed by atoms with Crippen molar-refractivity contribution in [3.63, 3.8) is 0 Å². The number of ether oxygens (including phenoxy) is 1. The van der Waals surface area contributed by atoms with Crippen molar-refractivity contribution in [2.45, 2.75) is 31.6 Å². The second-order valence-electron chi connectivity index (χ2n) is 2.56. The van der Waals surface area contributed by atoms with Gasteiger partial charge in [-0.1, -0.05) is 13.3 Å². The van der Waals surface area contributed by atoms with E-state index in [1.165, 1.54) is 14.0 Å². The lowest BCUT2D eigenvalue weighted by atomic mass is 10.2. The van der Waals surface area contributed by atoms with Crippen LogP contribution in [-0.4, -0.2) is 25.0 Å². The molecule has 0 aromatic rings. The Morgan fingerprint density at radius 3 is 2.09 bits per heavy atom. The molecule has 0 heterocycles. The molecule has 1 N–H and O–H groups in total. The van der Waals surface area contributed by atoms with Crippen LogP contribution in [0.25, 0.3) is 0 Å². The Morgan fingerprint density at radius 1 is 1.55 bits per heavy atom. The minimum Gasteiger partial charge on any atom is -0.360 e. The minimum atomic E-state index is -4.10. The van der Waals surface area contributed by atoms with Crippen LogP contribution in [0.3, 0.4) is 0 Å². The van der Waals surface area contributed by atoms with Gasteiger partial charge in [-0.3, -0.25) is 4.55 Å². The summed E-state index contributed by atoms with van der Waals surface area (Å²) in [6.45, 7) is 3.17. The second-order valence-corrected chi connectivity index (χ2v) is 4.38. The molecule has 11 heavy (non-hydrogen) atoms. The summed E-state index contributed by atoms with van der Waals surface area (Å²) in [5.41, 5.74) is 0. The first kappa shape index (κ1) is 10.9. The van der Waals surface area contributed by atoms with E-state index in [-0.39, 0.29) is 0 Å². The van der Waals surface area contributed by atoms with E-state index < -0.39 is 15.1 Å². The third-order valence-electron chi connectivity index (χ3n) is 1.68. The molecule has 0 saturated carbocycles. The molecule has 1 unspecified atom stereocenters. The first-order valence-electron chi connectivity index (χ1n) is 3.39. The van der Waals surface area contributed by atoms with Gasteiger partial charge in [-0.15, -0.1) is 0 Å². The average molecular weight is 182 g/mol. The number of methoxy groups -OCH3 is 1. The van der Waals surface area contributed by atoms with Gasteiger partial charge in [-0.25, -0.2) is 0 Å². The highest BCUT2D eigenvalue weighted by molar-refractivity contribution is 7.87. The molecule has 0 amide bonds. The third-order valence-corrected chi connectivity index (χ3v) is 3.14. The van der Waals surface area contributed by atoms with Gasteiger partial charge in [0, 0.05) is 7.11 Å². The molecule has 0 aliphatic carbocycles. The minimum absolute atomic E-state index is 0.294. The van der Waals surface area contributed by atoms with Crippen molar-refractivity contribution in [1.29, 1.82) is 0 Å². The molecular formula is C6H14O4S. The van der Waals surface area contributed by atoms with E-state index in [0.717, 1.165) is 0 Å². The largest absolute Gasteiger partial charge is 0.360 e. The van der Waals surface area contributed by atoms with E-state index in [1.54, 1.807) is 0 Å². The van der Waals surface area contributed by atoms with E-state index in [0.29, 0.717) is 12.8 Å². The Kier molecular flexibility index (Phi) is 3.47. The lowest BCUT2D eigenvalue weighted by molar-refractivity contribution is 0.0612. The fourth-order valence-corrected chi connectivity index (χ4v) is 1.46. The molecule has 5 heteroatoms.